The van der Waals surface area contributed by atoms with Crippen LogP contribution in [0.4, 0.5) is 0 Å². The fraction of sp³-hybridized carbons (Fsp3) is 0.450. The average Bonchev–Trinajstić information content (AvgIpc) is 3.42. The smallest absolute Gasteiger partial charge is 0.343 e. The molecule has 29 heavy (non-hydrogen) atoms. The van der Waals surface area contributed by atoms with Crippen LogP contribution < -0.4 is 5.69 Å². The van der Waals surface area contributed by atoms with E-state index in [1.165, 1.54) is 11.3 Å². The molecule has 2 aliphatic rings. The highest BCUT2D eigenvalue weighted by molar-refractivity contribution is 6.02. The van der Waals surface area contributed by atoms with Gasteiger partial charge in [0.05, 0.1) is 12.3 Å². The first-order valence-electron chi connectivity index (χ1n) is 9.94. The van der Waals surface area contributed by atoms with E-state index in [1.54, 1.807) is 9.47 Å². The first-order chi connectivity index (χ1) is 14.1. The van der Waals surface area contributed by atoms with E-state index < -0.39 is 0 Å². The molecule has 152 valence electrons. The summed E-state index contributed by atoms with van der Waals surface area (Å²) in [5.74, 6) is -0.146. The van der Waals surface area contributed by atoms with Gasteiger partial charge in [0.2, 0.25) is 11.8 Å². The van der Waals surface area contributed by atoms with Crippen molar-refractivity contribution in [3.8, 4) is 0 Å². The van der Waals surface area contributed by atoms with Gasteiger partial charge in [0.1, 0.15) is 6.33 Å². The van der Waals surface area contributed by atoms with Crippen LogP contribution >= 0.6 is 0 Å². The Morgan fingerprint density at radius 1 is 1.03 bits per heavy atom. The Kier molecular flexibility index (Phi) is 5.55. The maximum Gasteiger partial charge on any atom is 0.343 e. The monoisotopic (exact) mass is 396 g/mol. The number of amides is 2. The molecule has 1 N–H and O–H groups in total. The molecule has 0 bridgehead atoms. The molecule has 0 radical (unpaired) electrons. The van der Waals surface area contributed by atoms with Crippen molar-refractivity contribution in [2.75, 3.05) is 19.6 Å². The number of H-pyrrole nitrogens is 1. The molecule has 0 atom stereocenters. The average molecular weight is 396 g/mol. The van der Waals surface area contributed by atoms with E-state index in [0.29, 0.717) is 32.5 Å². The summed E-state index contributed by atoms with van der Waals surface area (Å²) >= 11 is 0. The SMILES string of the molecule is O=C(CCC(=O)N1CCC(c2ccccc2)=N1)N1CCC(n2cn[nH]c2=O)CC1. The number of hydrogen-bond acceptors (Lipinski definition) is 5. The Bertz CT molecular complexity index is 956. The van der Waals surface area contributed by atoms with Crippen LogP contribution in [0.1, 0.15) is 43.7 Å². The Morgan fingerprint density at radius 2 is 1.76 bits per heavy atom. The van der Waals surface area contributed by atoms with Crippen LogP contribution in [0.2, 0.25) is 0 Å². The number of aromatic amines is 1. The van der Waals surface area contributed by atoms with Gasteiger partial charge < -0.3 is 4.90 Å². The molecular weight excluding hydrogens is 372 g/mol. The van der Waals surface area contributed by atoms with E-state index in [4.69, 9.17) is 0 Å². The third kappa shape index (κ3) is 4.28. The normalized spacial score (nSPS) is 17.4. The summed E-state index contributed by atoms with van der Waals surface area (Å²) in [4.78, 5) is 38.4. The van der Waals surface area contributed by atoms with Gasteiger partial charge in [-0.2, -0.15) is 10.2 Å². The van der Waals surface area contributed by atoms with Gasteiger partial charge in [-0.15, -0.1) is 0 Å². The predicted octanol–water partition coefficient (Wildman–Crippen LogP) is 1.15. The Balaban J connectivity index is 1.25. The van der Waals surface area contributed by atoms with Crippen molar-refractivity contribution in [3.63, 3.8) is 0 Å². The van der Waals surface area contributed by atoms with Crippen LogP contribution in [0, 0.1) is 0 Å². The van der Waals surface area contributed by atoms with Crippen LogP contribution in [0.15, 0.2) is 46.6 Å². The van der Waals surface area contributed by atoms with Gasteiger partial charge in [0.15, 0.2) is 0 Å². The van der Waals surface area contributed by atoms with Crippen molar-refractivity contribution < 1.29 is 9.59 Å². The molecule has 1 aromatic heterocycles. The number of benzene rings is 1. The van der Waals surface area contributed by atoms with Crippen molar-refractivity contribution in [1.82, 2.24) is 24.7 Å². The standard InChI is InChI=1S/C20H24N6O3/c27-18(24-11-8-16(9-12-24)25-14-21-22-20(25)29)6-7-19(28)26-13-10-17(23-26)15-4-2-1-3-5-15/h1-5,14,16H,6-13H2,(H,22,29). The third-order valence-corrected chi connectivity index (χ3v) is 5.54. The molecule has 0 spiro atoms. The number of carbonyl (C=O) groups is 2. The lowest BCUT2D eigenvalue weighted by Gasteiger charge is -2.32. The van der Waals surface area contributed by atoms with Crippen molar-refractivity contribution in [3.05, 3.63) is 52.7 Å². The molecule has 0 saturated carbocycles. The summed E-state index contributed by atoms with van der Waals surface area (Å²) in [6, 6.07) is 9.88. The molecule has 1 saturated heterocycles. The number of hydrazone groups is 1. The van der Waals surface area contributed by atoms with Gasteiger partial charge in [-0.05, 0) is 18.4 Å². The summed E-state index contributed by atoms with van der Waals surface area (Å²) < 4.78 is 1.58. The van der Waals surface area contributed by atoms with Gasteiger partial charge in [-0.3, -0.25) is 14.2 Å². The number of aromatic nitrogens is 3. The Labute approximate surface area is 168 Å². The van der Waals surface area contributed by atoms with Gasteiger partial charge in [0.25, 0.3) is 0 Å². The first kappa shape index (κ1) is 19.1. The second-order valence-electron chi connectivity index (χ2n) is 7.36. The van der Waals surface area contributed by atoms with Crippen LogP contribution in [0.3, 0.4) is 0 Å². The van der Waals surface area contributed by atoms with Crippen molar-refractivity contribution >= 4 is 17.5 Å². The van der Waals surface area contributed by atoms with Crippen LogP contribution in [0.25, 0.3) is 0 Å². The van der Waals surface area contributed by atoms with E-state index in [-0.39, 0.29) is 36.4 Å². The summed E-state index contributed by atoms with van der Waals surface area (Å²) in [7, 11) is 0. The van der Waals surface area contributed by atoms with E-state index >= 15 is 0 Å². The Hall–Kier alpha value is -3.23. The van der Waals surface area contributed by atoms with Gasteiger partial charge in [-0.25, -0.2) is 14.9 Å². The van der Waals surface area contributed by atoms with Crippen molar-refractivity contribution in [2.24, 2.45) is 5.10 Å². The van der Waals surface area contributed by atoms with E-state index in [0.717, 1.165) is 17.7 Å². The molecule has 4 rings (SSSR count). The summed E-state index contributed by atoms with van der Waals surface area (Å²) in [6.07, 6.45) is 3.98. The molecule has 0 aliphatic carbocycles. The number of hydrogen-bond donors (Lipinski definition) is 1. The number of carbonyl (C=O) groups excluding carboxylic acids is 2. The largest absolute Gasteiger partial charge is 0.343 e. The highest BCUT2D eigenvalue weighted by atomic mass is 16.2. The fourth-order valence-electron chi connectivity index (χ4n) is 3.88. The highest BCUT2D eigenvalue weighted by Gasteiger charge is 2.26. The lowest BCUT2D eigenvalue weighted by Crippen LogP contribution is -2.40. The second kappa shape index (κ2) is 8.42. The number of rotatable bonds is 5. The quantitative estimate of drug-likeness (QED) is 0.819. The van der Waals surface area contributed by atoms with E-state index in [9.17, 15) is 14.4 Å². The lowest BCUT2D eigenvalue weighted by molar-refractivity contribution is -0.137. The zero-order valence-corrected chi connectivity index (χ0v) is 16.2. The van der Waals surface area contributed by atoms with Crippen LogP contribution in [-0.2, 0) is 9.59 Å². The highest BCUT2D eigenvalue weighted by Crippen LogP contribution is 2.21. The fourth-order valence-corrected chi connectivity index (χ4v) is 3.88. The molecule has 1 fully saturated rings. The molecule has 2 aliphatic heterocycles. The Morgan fingerprint density at radius 3 is 2.45 bits per heavy atom. The van der Waals surface area contributed by atoms with Gasteiger partial charge in [-0.1, -0.05) is 30.3 Å². The minimum atomic E-state index is -0.221. The van der Waals surface area contributed by atoms with E-state index in [2.05, 4.69) is 15.3 Å². The van der Waals surface area contributed by atoms with Crippen LogP contribution in [0.5, 0.6) is 0 Å². The second-order valence-corrected chi connectivity index (χ2v) is 7.36. The topological polar surface area (TPSA) is 104 Å². The maximum atomic E-state index is 12.5. The third-order valence-electron chi connectivity index (χ3n) is 5.54. The molecule has 9 heteroatoms. The molecule has 0 unspecified atom stereocenters. The number of piperidine rings is 1. The number of nitrogens with one attached hydrogen (secondary N) is 1. The summed E-state index contributed by atoms with van der Waals surface area (Å²) in [6.45, 7) is 1.72. The maximum absolute atomic E-state index is 12.5. The number of nitrogens with zero attached hydrogens (tertiary/aromatic N) is 5. The zero-order chi connectivity index (χ0) is 20.2. The molecule has 1 aromatic carbocycles. The summed E-state index contributed by atoms with van der Waals surface area (Å²) in [5, 5.41) is 12.1. The van der Waals surface area contributed by atoms with Crippen molar-refractivity contribution in [2.45, 2.75) is 38.1 Å². The van der Waals surface area contributed by atoms with Gasteiger partial charge >= 0.3 is 5.69 Å². The van der Waals surface area contributed by atoms with Gasteiger partial charge in [0, 0.05) is 38.4 Å². The molecule has 9 nitrogen and oxygen atoms in total. The summed E-state index contributed by atoms with van der Waals surface area (Å²) in [5.41, 5.74) is 1.71. The minimum Gasteiger partial charge on any atom is -0.343 e. The van der Waals surface area contributed by atoms with E-state index in [1.807, 2.05) is 30.3 Å². The predicted molar refractivity (Wildman–Crippen MR) is 106 cm³/mol. The molecule has 2 amide bonds. The molecule has 2 aromatic rings. The molecule has 3 heterocycles. The first-order valence-corrected chi connectivity index (χ1v) is 9.94. The number of likely N-dealkylation sites (tertiary alicyclic amines) is 1. The minimum absolute atomic E-state index is 0.0252. The van der Waals surface area contributed by atoms with Crippen molar-refractivity contribution in [1.29, 1.82) is 0 Å². The zero-order valence-electron chi connectivity index (χ0n) is 16.2. The van der Waals surface area contributed by atoms with Crippen LogP contribution in [-0.4, -0.2) is 61.8 Å². The lowest BCUT2D eigenvalue weighted by atomic mass is 10.0. The molecular formula is C20H24N6O3.